The van der Waals surface area contributed by atoms with Crippen molar-refractivity contribution in [2.45, 2.75) is 23.8 Å². The lowest BCUT2D eigenvalue weighted by atomic mass is 10.1. The lowest BCUT2D eigenvalue weighted by molar-refractivity contribution is 0.0473. The van der Waals surface area contributed by atoms with Crippen molar-refractivity contribution in [3.05, 3.63) is 46.6 Å². The first-order chi connectivity index (χ1) is 14.0. The topological polar surface area (TPSA) is 98.5 Å². The predicted octanol–water partition coefficient (Wildman–Crippen LogP) is 3.61. The van der Waals surface area contributed by atoms with Gasteiger partial charge in [0, 0.05) is 17.7 Å². The monoisotopic (exact) mass is 412 g/mol. The van der Waals surface area contributed by atoms with Crippen LogP contribution in [0.25, 0.3) is 0 Å². The van der Waals surface area contributed by atoms with E-state index in [1.807, 2.05) is 6.07 Å². The third kappa shape index (κ3) is 4.51. The molecule has 29 heavy (non-hydrogen) atoms. The molecule has 8 heteroatoms. The van der Waals surface area contributed by atoms with Crippen LogP contribution in [0.15, 0.2) is 29.3 Å². The number of rotatable bonds is 8. The number of ketones is 1. The number of ether oxygens (including phenoxy) is 3. The third-order valence-electron chi connectivity index (χ3n) is 4.57. The number of esters is 1. The summed E-state index contributed by atoms with van der Waals surface area (Å²) in [5.74, 6) is 0.0426. The highest BCUT2D eigenvalue weighted by Crippen LogP contribution is 2.40. The summed E-state index contributed by atoms with van der Waals surface area (Å²) in [6, 6.07) is 8.40. The largest absolute Gasteiger partial charge is 0.497 e. The molecule has 0 saturated heterocycles. The first-order valence-electron chi connectivity index (χ1n) is 8.93. The van der Waals surface area contributed by atoms with E-state index in [0.717, 1.165) is 18.5 Å². The fraction of sp³-hybridized carbons (Fsp3) is 0.333. The number of methoxy groups -OCH3 is 2. The van der Waals surface area contributed by atoms with Crippen LogP contribution in [0.5, 0.6) is 11.5 Å². The fourth-order valence-electron chi connectivity index (χ4n) is 2.86. The molecule has 2 aromatic rings. The Bertz CT molecular complexity index is 995. The number of carbonyl (C=O) groups is 2. The molecular weight excluding hydrogens is 392 g/mol. The molecule has 1 aromatic carbocycles. The molecule has 1 saturated carbocycles. The Morgan fingerprint density at radius 1 is 1.21 bits per heavy atom. The maximum absolute atomic E-state index is 12.7. The minimum absolute atomic E-state index is 0.142. The minimum atomic E-state index is -0.720. The number of benzene rings is 1. The van der Waals surface area contributed by atoms with Gasteiger partial charge in [0.1, 0.15) is 22.6 Å². The van der Waals surface area contributed by atoms with Gasteiger partial charge in [-0.15, -0.1) is 11.8 Å². The van der Waals surface area contributed by atoms with Gasteiger partial charge < -0.3 is 14.2 Å². The Hall–Kier alpha value is -3.05. The van der Waals surface area contributed by atoms with Gasteiger partial charge in [-0.2, -0.15) is 5.26 Å². The maximum atomic E-state index is 12.7. The van der Waals surface area contributed by atoms with E-state index in [0.29, 0.717) is 22.4 Å². The van der Waals surface area contributed by atoms with Crippen LogP contribution in [0.1, 0.15) is 50.7 Å². The van der Waals surface area contributed by atoms with Crippen LogP contribution in [0.2, 0.25) is 0 Å². The number of hydrogen-bond acceptors (Lipinski definition) is 8. The van der Waals surface area contributed by atoms with Crippen LogP contribution in [0.3, 0.4) is 0 Å². The second-order valence-electron chi connectivity index (χ2n) is 6.43. The van der Waals surface area contributed by atoms with Gasteiger partial charge in [0.25, 0.3) is 0 Å². The van der Waals surface area contributed by atoms with Crippen LogP contribution in [-0.4, -0.2) is 43.8 Å². The molecule has 3 rings (SSSR count). The number of hydrogen-bond donors (Lipinski definition) is 0. The van der Waals surface area contributed by atoms with Crippen molar-refractivity contribution < 1.29 is 23.8 Å². The predicted molar refractivity (Wildman–Crippen MR) is 107 cm³/mol. The number of nitriles is 1. The van der Waals surface area contributed by atoms with Gasteiger partial charge in [0.2, 0.25) is 5.78 Å². The number of carbonyl (C=O) groups excluding carboxylic acids is 2. The van der Waals surface area contributed by atoms with Crippen LogP contribution >= 0.6 is 11.8 Å². The molecule has 0 amide bonds. The summed E-state index contributed by atoms with van der Waals surface area (Å²) in [6.07, 6.45) is 3.82. The molecular formula is C21H20N2O5S. The third-order valence-corrected chi connectivity index (χ3v) is 5.25. The lowest BCUT2D eigenvalue weighted by Crippen LogP contribution is -2.17. The molecule has 1 aliphatic rings. The van der Waals surface area contributed by atoms with Crippen molar-refractivity contribution in [1.29, 1.82) is 5.26 Å². The molecule has 0 radical (unpaired) electrons. The van der Waals surface area contributed by atoms with Gasteiger partial charge in [-0.25, -0.2) is 9.78 Å². The lowest BCUT2D eigenvalue weighted by Gasteiger charge is -2.12. The zero-order valence-electron chi connectivity index (χ0n) is 16.4. The Morgan fingerprint density at radius 2 is 1.97 bits per heavy atom. The molecule has 0 unspecified atom stereocenters. The minimum Gasteiger partial charge on any atom is -0.497 e. The average Bonchev–Trinajstić information content (AvgIpc) is 3.61. The summed E-state index contributed by atoms with van der Waals surface area (Å²) in [5.41, 5.74) is 1.37. The molecule has 1 heterocycles. The van der Waals surface area contributed by atoms with E-state index < -0.39 is 18.4 Å². The van der Waals surface area contributed by atoms with E-state index in [9.17, 15) is 14.9 Å². The van der Waals surface area contributed by atoms with Crippen LogP contribution < -0.4 is 9.47 Å². The summed E-state index contributed by atoms with van der Waals surface area (Å²) in [7, 11) is 2.95. The second-order valence-corrected chi connectivity index (χ2v) is 7.23. The fourth-order valence-corrected chi connectivity index (χ4v) is 3.42. The highest BCUT2D eigenvalue weighted by atomic mass is 32.2. The maximum Gasteiger partial charge on any atom is 0.340 e. The molecule has 1 aromatic heterocycles. The Balaban J connectivity index is 1.80. The van der Waals surface area contributed by atoms with Crippen molar-refractivity contribution in [2.75, 3.05) is 27.1 Å². The molecule has 150 valence electrons. The van der Waals surface area contributed by atoms with Crippen molar-refractivity contribution in [1.82, 2.24) is 4.98 Å². The molecule has 0 N–H and O–H groups in total. The smallest absolute Gasteiger partial charge is 0.340 e. The van der Waals surface area contributed by atoms with Crippen molar-refractivity contribution >= 4 is 23.5 Å². The van der Waals surface area contributed by atoms with E-state index in [-0.39, 0.29) is 16.7 Å². The summed E-state index contributed by atoms with van der Waals surface area (Å²) < 4.78 is 15.6. The van der Waals surface area contributed by atoms with E-state index in [1.165, 1.54) is 26.0 Å². The number of nitrogens with zero attached hydrogens (tertiary/aromatic N) is 2. The first-order valence-corrected chi connectivity index (χ1v) is 10.2. The van der Waals surface area contributed by atoms with Crippen molar-refractivity contribution in [2.24, 2.45) is 0 Å². The highest BCUT2D eigenvalue weighted by molar-refractivity contribution is 7.98. The van der Waals surface area contributed by atoms with Crippen LogP contribution in [0, 0.1) is 11.3 Å². The molecule has 0 bridgehead atoms. The normalized spacial score (nSPS) is 12.8. The zero-order valence-corrected chi connectivity index (χ0v) is 17.2. The van der Waals surface area contributed by atoms with Crippen molar-refractivity contribution in [3.8, 4) is 17.6 Å². The summed E-state index contributed by atoms with van der Waals surface area (Å²) in [6.45, 7) is -0.470. The van der Waals surface area contributed by atoms with E-state index >= 15 is 0 Å². The molecule has 0 aliphatic heterocycles. The molecule has 1 fully saturated rings. The van der Waals surface area contributed by atoms with Crippen LogP contribution in [0.4, 0.5) is 0 Å². The van der Waals surface area contributed by atoms with Crippen molar-refractivity contribution in [3.63, 3.8) is 0 Å². The van der Waals surface area contributed by atoms with E-state index in [2.05, 4.69) is 4.98 Å². The van der Waals surface area contributed by atoms with Gasteiger partial charge in [-0.05, 0) is 37.3 Å². The SMILES string of the molecule is COc1ccc(C(=O)COC(=O)c2cc(C3CC3)nc(SC)c2C#N)c(OC)c1. The van der Waals surface area contributed by atoms with Crippen LogP contribution in [-0.2, 0) is 4.74 Å². The number of pyridine rings is 1. The summed E-state index contributed by atoms with van der Waals surface area (Å²) >= 11 is 1.30. The quantitative estimate of drug-likeness (QED) is 0.368. The first kappa shape index (κ1) is 20.7. The zero-order chi connectivity index (χ0) is 21.0. The standard InChI is InChI=1S/C21H20N2O5S/c1-26-13-6-7-14(19(8-13)27-2)18(24)11-28-21(25)15-9-17(12-4-5-12)23-20(29-3)16(15)10-22/h6-9,12H,4-5,11H2,1-3H3. The Morgan fingerprint density at radius 3 is 2.55 bits per heavy atom. The molecule has 1 aliphatic carbocycles. The van der Waals surface area contributed by atoms with E-state index in [1.54, 1.807) is 30.5 Å². The second kappa shape index (κ2) is 8.97. The molecule has 0 atom stereocenters. The number of Topliss-reactive ketones (excluding diaryl/α,β-unsaturated/α-hetero) is 1. The van der Waals surface area contributed by atoms with Gasteiger partial charge in [0.15, 0.2) is 6.61 Å². The summed E-state index contributed by atoms with van der Waals surface area (Å²) in [5, 5.41) is 9.98. The van der Waals surface area contributed by atoms with Gasteiger partial charge in [0.05, 0.1) is 30.9 Å². The van der Waals surface area contributed by atoms with Gasteiger partial charge in [-0.1, -0.05) is 0 Å². The number of aromatic nitrogens is 1. The Labute approximate surface area is 173 Å². The number of thioether (sulfide) groups is 1. The molecule has 0 spiro atoms. The van der Waals surface area contributed by atoms with E-state index in [4.69, 9.17) is 14.2 Å². The highest BCUT2D eigenvalue weighted by Gasteiger charge is 2.29. The molecule has 7 nitrogen and oxygen atoms in total. The van der Waals surface area contributed by atoms with Gasteiger partial charge in [-0.3, -0.25) is 4.79 Å². The Kier molecular flexibility index (Phi) is 6.39. The van der Waals surface area contributed by atoms with Gasteiger partial charge >= 0.3 is 5.97 Å². The summed E-state index contributed by atoms with van der Waals surface area (Å²) in [4.78, 5) is 29.7. The average molecular weight is 412 g/mol.